The molecule has 1 N–H and O–H groups in total. The highest BCUT2D eigenvalue weighted by Crippen LogP contribution is 2.11. The van der Waals surface area contributed by atoms with E-state index < -0.39 is 0 Å². The number of phenols is 1. The van der Waals surface area contributed by atoms with Crippen LogP contribution in [0.2, 0.25) is 5.02 Å². The maximum atomic E-state index is 8.76. The van der Waals surface area contributed by atoms with Crippen molar-refractivity contribution in [2.75, 3.05) is 0 Å². The Hall–Kier alpha value is -1.47. The summed E-state index contributed by atoms with van der Waals surface area (Å²) in [4.78, 5) is 0. The van der Waals surface area contributed by atoms with Gasteiger partial charge in [-0.1, -0.05) is 47.5 Å². The first-order chi connectivity index (χ1) is 7.59. The summed E-state index contributed by atoms with van der Waals surface area (Å²) in [6.07, 6.45) is 0. The van der Waals surface area contributed by atoms with E-state index in [0.29, 0.717) is 5.75 Å². The first kappa shape index (κ1) is 12.6. The Labute approximate surface area is 101 Å². The smallest absolute Gasteiger partial charge is 0.115 e. The molecule has 0 radical (unpaired) electrons. The molecule has 2 heteroatoms. The minimum Gasteiger partial charge on any atom is -0.508 e. The lowest BCUT2D eigenvalue weighted by molar-refractivity contribution is 0.475. The van der Waals surface area contributed by atoms with E-state index in [1.165, 1.54) is 5.56 Å². The van der Waals surface area contributed by atoms with Gasteiger partial charge in [-0.15, -0.1) is 0 Å². The van der Waals surface area contributed by atoms with Crippen LogP contribution >= 0.6 is 11.6 Å². The Balaban J connectivity index is 0.000000160. The zero-order valence-electron chi connectivity index (χ0n) is 9.44. The molecular formula is C14H15ClO. The third-order valence-electron chi connectivity index (χ3n) is 2.11. The van der Waals surface area contributed by atoms with Crippen LogP contribution in [-0.2, 0) is 0 Å². The summed E-state index contributed by atoms with van der Waals surface area (Å²) in [5, 5.41) is 9.60. The Morgan fingerprint density at radius 1 is 0.875 bits per heavy atom. The molecule has 0 aromatic heterocycles. The van der Waals surface area contributed by atoms with Crippen LogP contribution in [-0.4, -0.2) is 5.11 Å². The summed E-state index contributed by atoms with van der Waals surface area (Å²) in [6.45, 7) is 3.97. The lowest BCUT2D eigenvalue weighted by Gasteiger charge is -1.90. The zero-order valence-corrected chi connectivity index (χ0v) is 10.2. The second-order valence-electron chi connectivity index (χ2n) is 3.58. The monoisotopic (exact) mass is 234 g/mol. The van der Waals surface area contributed by atoms with Crippen molar-refractivity contribution >= 4 is 11.6 Å². The first-order valence-corrected chi connectivity index (χ1v) is 5.44. The lowest BCUT2D eigenvalue weighted by Crippen LogP contribution is -1.68. The van der Waals surface area contributed by atoms with E-state index in [9.17, 15) is 0 Å². The highest BCUT2D eigenvalue weighted by Gasteiger charge is 1.86. The second kappa shape index (κ2) is 6.19. The Kier molecular flexibility index (Phi) is 4.87. The van der Waals surface area contributed by atoms with Crippen LogP contribution in [0.5, 0.6) is 5.75 Å². The largest absolute Gasteiger partial charge is 0.508 e. The molecule has 0 aliphatic carbocycles. The molecule has 0 heterocycles. The quantitative estimate of drug-likeness (QED) is 0.719. The summed E-state index contributed by atoms with van der Waals surface area (Å²) in [5.41, 5.74) is 2.30. The average molecular weight is 235 g/mol. The molecule has 0 bridgehead atoms. The van der Waals surface area contributed by atoms with E-state index >= 15 is 0 Å². The fourth-order valence-corrected chi connectivity index (χ4v) is 1.23. The molecule has 0 atom stereocenters. The summed E-state index contributed by atoms with van der Waals surface area (Å²) in [6, 6.07) is 14.9. The highest BCUT2D eigenvalue weighted by molar-refractivity contribution is 6.31. The van der Waals surface area contributed by atoms with Gasteiger partial charge in [0, 0.05) is 5.02 Å². The average Bonchev–Trinajstić information content (AvgIpc) is 2.28. The maximum absolute atomic E-state index is 8.76. The number of rotatable bonds is 0. The van der Waals surface area contributed by atoms with Crippen molar-refractivity contribution in [2.45, 2.75) is 13.8 Å². The molecule has 0 saturated carbocycles. The summed E-state index contributed by atoms with van der Waals surface area (Å²) in [5.74, 6) is 0.329. The van der Waals surface area contributed by atoms with Crippen LogP contribution in [0.3, 0.4) is 0 Å². The predicted molar refractivity (Wildman–Crippen MR) is 69.0 cm³/mol. The molecule has 0 aliphatic heterocycles. The van der Waals surface area contributed by atoms with Gasteiger partial charge in [-0.05, 0) is 37.6 Å². The molecule has 2 aromatic rings. The molecule has 0 aliphatic rings. The number of aryl methyl sites for hydroxylation is 2. The minimum atomic E-state index is 0.329. The molecular weight excluding hydrogens is 220 g/mol. The highest BCUT2D eigenvalue weighted by atomic mass is 35.5. The van der Waals surface area contributed by atoms with Gasteiger partial charge in [-0.3, -0.25) is 0 Å². The molecule has 0 amide bonds. The van der Waals surface area contributed by atoms with Gasteiger partial charge in [0.2, 0.25) is 0 Å². The van der Waals surface area contributed by atoms with Gasteiger partial charge < -0.3 is 5.11 Å². The molecule has 0 spiro atoms. The van der Waals surface area contributed by atoms with Crippen LogP contribution in [0, 0.1) is 13.8 Å². The topological polar surface area (TPSA) is 20.2 Å². The number of hydrogen-bond donors (Lipinski definition) is 1. The fraction of sp³-hybridized carbons (Fsp3) is 0.143. The minimum absolute atomic E-state index is 0.329. The van der Waals surface area contributed by atoms with Gasteiger partial charge in [0.15, 0.2) is 0 Å². The third-order valence-corrected chi connectivity index (χ3v) is 2.53. The Morgan fingerprint density at radius 2 is 1.44 bits per heavy atom. The predicted octanol–water partition coefficient (Wildman–Crippen LogP) is 4.35. The van der Waals surface area contributed by atoms with Crippen molar-refractivity contribution in [1.82, 2.24) is 0 Å². The standard InChI is InChI=1S/C7H7Cl.C7H8O/c1-6-4-2-3-5-7(6)8;1-6-2-4-7(8)5-3-6/h2-5H,1H3;2-5,8H,1H3. The molecule has 0 saturated heterocycles. The Morgan fingerprint density at radius 3 is 1.81 bits per heavy atom. The molecule has 2 aromatic carbocycles. The number of hydrogen-bond acceptors (Lipinski definition) is 1. The molecule has 0 unspecified atom stereocenters. The van der Waals surface area contributed by atoms with E-state index in [4.69, 9.17) is 16.7 Å². The number of benzene rings is 2. The van der Waals surface area contributed by atoms with E-state index in [2.05, 4.69) is 0 Å². The van der Waals surface area contributed by atoms with Crippen LogP contribution in [0.1, 0.15) is 11.1 Å². The number of phenolic OH excluding ortho intramolecular Hbond substituents is 1. The van der Waals surface area contributed by atoms with Crippen molar-refractivity contribution in [1.29, 1.82) is 0 Å². The summed E-state index contributed by atoms with van der Waals surface area (Å²) >= 11 is 5.71. The van der Waals surface area contributed by atoms with E-state index in [-0.39, 0.29) is 0 Å². The molecule has 2 rings (SSSR count). The third kappa shape index (κ3) is 4.37. The lowest BCUT2D eigenvalue weighted by atomic mass is 10.2. The van der Waals surface area contributed by atoms with E-state index in [1.807, 2.05) is 50.2 Å². The second-order valence-corrected chi connectivity index (χ2v) is 3.99. The zero-order chi connectivity index (χ0) is 12.0. The normalized spacial score (nSPS) is 9.19. The van der Waals surface area contributed by atoms with Gasteiger partial charge in [0.1, 0.15) is 5.75 Å². The molecule has 84 valence electrons. The molecule has 1 nitrogen and oxygen atoms in total. The SMILES string of the molecule is Cc1ccc(O)cc1.Cc1ccccc1Cl. The van der Waals surface area contributed by atoms with Gasteiger partial charge >= 0.3 is 0 Å². The van der Waals surface area contributed by atoms with Gasteiger partial charge in [0.25, 0.3) is 0 Å². The number of aromatic hydroxyl groups is 1. The van der Waals surface area contributed by atoms with Crippen molar-refractivity contribution in [3.8, 4) is 5.75 Å². The number of halogens is 1. The maximum Gasteiger partial charge on any atom is 0.115 e. The van der Waals surface area contributed by atoms with Crippen LogP contribution < -0.4 is 0 Å². The van der Waals surface area contributed by atoms with E-state index in [0.717, 1.165) is 10.6 Å². The van der Waals surface area contributed by atoms with Gasteiger partial charge in [-0.25, -0.2) is 0 Å². The molecule has 0 fully saturated rings. The van der Waals surface area contributed by atoms with Crippen LogP contribution in [0.25, 0.3) is 0 Å². The van der Waals surface area contributed by atoms with E-state index in [1.54, 1.807) is 12.1 Å². The fourth-order valence-electron chi connectivity index (χ4n) is 1.10. The van der Waals surface area contributed by atoms with Crippen molar-refractivity contribution in [3.05, 3.63) is 64.7 Å². The first-order valence-electron chi connectivity index (χ1n) is 5.06. The van der Waals surface area contributed by atoms with Crippen molar-refractivity contribution < 1.29 is 5.11 Å². The molecule has 16 heavy (non-hydrogen) atoms. The Bertz CT molecular complexity index is 393. The van der Waals surface area contributed by atoms with Crippen molar-refractivity contribution in [3.63, 3.8) is 0 Å². The van der Waals surface area contributed by atoms with Gasteiger partial charge in [-0.2, -0.15) is 0 Å². The van der Waals surface area contributed by atoms with Crippen LogP contribution in [0.4, 0.5) is 0 Å². The van der Waals surface area contributed by atoms with Gasteiger partial charge in [0.05, 0.1) is 0 Å². The summed E-state index contributed by atoms with van der Waals surface area (Å²) in [7, 11) is 0. The van der Waals surface area contributed by atoms with Crippen LogP contribution in [0.15, 0.2) is 48.5 Å². The van der Waals surface area contributed by atoms with Crippen molar-refractivity contribution in [2.24, 2.45) is 0 Å². The summed E-state index contributed by atoms with van der Waals surface area (Å²) < 4.78 is 0.